The van der Waals surface area contributed by atoms with Crippen LogP contribution in [0.1, 0.15) is 0 Å². The van der Waals surface area contributed by atoms with Gasteiger partial charge in [-0.3, -0.25) is 0 Å². The summed E-state index contributed by atoms with van der Waals surface area (Å²) in [6.07, 6.45) is 0. The number of rotatable bonds is 5. The summed E-state index contributed by atoms with van der Waals surface area (Å²) in [5.74, 6) is 0.711. The molecule has 0 fully saturated rings. The highest BCUT2D eigenvalue weighted by molar-refractivity contribution is 6.11. The number of fused-ring (bicyclic) bond motifs is 3. The fraction of sp³-hybridized carbons (Fsp3) is 0. The van der Waals surface area contributed by atoms with Gasteiger partial charge in [-0.05, 0) is 46.5 Å². The molecule has 0 radical (unpaired) electrons. The van der Waals surface area contributed by atoms with E-state index < -0.39 is 0 Å². The minimum atomic E-state index is 0.711. The van der Waals surface area contributed by atoms with E-state index >= 15 is 0 Å². The summed E-state index contributed by atoms with van der Waals surface area (Å²) < 4.78 is 2.30. The van der Waals surface area contributed by atoms with Crippen LogP contribution < -0.4 is 0 Å². The summed E-state index contributed by atoms with van der Waals surface area (Å²) in [5.41, 5.74) is 11.8. The van der Waals surface area contributed by atoms with Gasteiger partial charge in [0.15, 0.2) is 5.82 Å². The van der Waals surface area contributed by atoms with E-state index in [1.54, 1.807) is 0 Å². The predicted molar refractivity (Wildman–Crippen MR) is 178 cm³/mol. The average molecular weight is 550 g/mol. The molecule has 6 aromatic carbocycles. The standard InChI is InChI=1S/C40H27N3/c1-4-13-28(14-5-1)30-23-25-31(26-24-30)37-39-38(35-21-10-11-22-36(35)43(39)34-19-8-3-9-20-34)42-40(41-37)33-18-12-17-32(27-33)29-15-6-2-7-16-29/h1-27H. The molecule has 2 heterocycles. The SMILES string of the molecule is c1ccc(-c2ccc(-c3nc(-c4cccc(-c5ccccc5)c4)nc4c5ccccc5n(-c5ccccc5)c34)cc2)cc1. The van der Waals surface area contributed by atoms with Crippen molar-refractivity contribution < 1.29 is 0 Å². The summed E-state index contributed by atoms with van der Waals surface area (Å²) in [7, 11) is 0. The molecule has 8 rings (SSSR count). The first-order chi connectivity index (χ1) is 21.3. The molecule has 0 spiro atoms. The Morgan fingerprint density at radius 3 is 1.65 bits per heavy atom. The van der Waals surface area contributed by atoms with Gasteiger partial charge in [-0.2, -0.15) is 0 Å². The molecule has 0 aliphatic heterocycles. The van der Waals surface area contributed by atoms with Crippen LogP contribution in [0.3, 0.4) is 0 Å². The zero-order valence-corrected chi connectivity index (χ0v) is 23.4. The minimum Gasteiger partial charge on any atom is -0.306 e. The van der Waals surface area contributed by atoms with E-state index in [2.05, 4.69) is 156 Å². The summed E-state index contributed by atoms with van der Waals surface area (Å²) in [6, 6.07) is 57.2. The molecule has 0 saturated carbocycles. The Morgan fingerprint density at radius 2 is 0.930 bits per heavy atom. The molecule has 0 unspecified atom stereocenters. The summed E-state index contributed by atoms with van der Waals surface area (Å²) in [5, 5.41) is 1.10. The smallest absolute Gasteiger partial charge is 0.160 e. The highest BCUT2D eigenvalue weighted by Gasteiger charge is 2.21. The third-order valence-electron chi connectivity index (χ3n) is 8.02. The number of para-hydroxylation sites is 2. The third-order valence-corrected chi connectivity index (χ3v) is 8.02. The van der Waals surface area contributed by atoms with Crippen molar-refractivity contribution >= 4 is 21.9 Å². The third kappa shape index (κ3) is 4.48. The van der Waals surface area contributed by atoms with E-state index in [1.165, 1.54) is 16.7 Å². The summed E-state index contributed by atoms with van der Waals surface area (Å²) in [4.78, 5) is 10.6. The quantitative estimate of drug-likeness (QED) is 0.214. The fourth-order valence-electron chi connectivity index (χ4n) is 5.94. The van der Waals surface area contributed by atoms with Gasteiger partial charge in [-0.15, -0.1) is 0 Å². The molecule has 8 aromatic rings. The van der Waals surface area contributed by atoms with Crippen molar-refractivity contribution in [2.24, 2.45) is 0 Å². The lowest BCUT2D eigenvalue weighted by molar-refractivity contribution is 1.15. The van der Waals surface area contributed by atoms with Crippen LogP contribution in [0.5, 0.6) is 0 Å². The van der Waals surface area contributed by atoms with Gasteiger partial charge >= 0.3 is 0 Å². The van der Waals surface area contributed by atoms with Crippen LogP contribution >= 0.6 is 0 Å². The van der Waals surface area contributed by atoms with Crippen LogP contribution in [0.2, 0.25) is 0 Å². The average Bonchev–Trinajstić information content (AvgIpc) is 3.44. The van der Waals surface area contributed by atoms with Crippen molar-refractivity contribution in [3.63, 3.8) is 0 Å². The first kappa shape index (κ1) is 25.0. The Labute approximate surface area is 250 Å². The van der Waals surface area contributed by atoms with Crippen LogP contribution in [0.4, 0.5) is 0 Å². The maximum absolute atomic E-state index is 5.33. The Bertz CT molecular complexity index is 2200. The second kappa shape index (κ2) is 10.6. The van der Waals surface area contributed by atoms with Gasteiger partial charge < -0.3 is 4.57 Å². The van der Waals surface area contributed by atoms with E-state index in [9.17, 15) is 0 Å². The lowest BCUT2D eigenvalue weighted by Crippen LogP contribution is -2.00. The largest absolute Gasteiger partial charge is 0.306 e. The van der Waals surface area contributed by atoms with Gasteiger partial charge in [0.05, 0.1) is 16.7 Å². The first-order valence-corrected chi connectivity index (χ1v) is 14.5. The van der Waals surface area contributed by atoms with Crippen molar-refractivity contribution in [2.75, 3.05) is 0 Å². The van der Waals surface area contributed by atoms with Crippen molar-refractivity contribution in [3.8, 4) is 50.6 Å². The number of hydrogen-bond donors (Lipinski definition) is 0. The molecule has 0 atom stereocenters. The first-order valence-electron chi connectivity index (χ1n) is 14.5. The van der Waals surface area contributed by atoms with Crippen molar-refractivity contribution in [3.05, 3.63) is 164 Å². The van der Waals surface area contributed by atoms with E-state index in [-0.39, 0.29) is 0 Å². The van der Waals surface area contributed by atoms with E-state index in [0.29, 0.717) is 5.82 Å². The lowest BCUT2D eigenvalue weighted by Gasteiger charge is -2.13. The molecular formula is C40H27N3. The molecular weight excluding hydrogens is 522 g/mol. The minimum absolute atomic E-state index is 0.711. The number of aromatic nitrogens is 3. The molecule has 2 aromatic heterocycles. The van der Waals surface area contributed by atoms with Gasteiger partial charge in [-0.25, -0.2) is 9.97 Å². The van der Waals surface area contributed by atoms with E-state index in [1.807, 2.05) is 12.1 Å². The topological polar surface area (TPSA) is 30.7 Å². The molecule has 3 nitrogen and oxygen atoms in total. The Hall–Kier alpha value is -5.80. The number of nitrogens with zero attached hydrogens (tertiary/aromatic N) is 3. The van der Waals surface area contributed by atoms with E-state index in [0.717, 1.165) is 50.0 Å². The van der Waals surface area contributed by atoms with Gasteiger partial charge in [0.2, 0.25) is 0 Å². The maximum atomic E-state index is 5.33. The second-order valence-electron chi connectivity index (χ2n) is 10.7. The van der Waals surface area contributed by atoms with Crippen molar-refractivity contribution in [2.45, 2.75) is 0 Å². The monoisotopic (exact) mass is 549 g/mol. The Balaban J connectivity index is 1.40. The van der Waals surface area contributed by atoms with Gasteiger partial charge in [-0.1, -0.05) is 140 Å². The van der Waals surface area contributed by atoms with Gasteiger partial charge in [0, 0.05) is 22.2 Å². The zero-order chi connectivity index (χ0) is 28.6. The molecule has 0 aliphatic carbocycles. The Morgan fingerprint density at radius 1 is 0.395 bits per heavy atom. The predicted octanol–water partition coefficient (Wildman–Crippen LogP) is 10.2. The van der Waals surface area contributed by atoms with Crippen LogP contribution in [0, 0.1) is 0 Å². The van der Waals surface area contributed by atoms with E-state index in [4.69, 9.17) is 9.97 Å². The molecule has 43 heavy (non-hydrogen) atoms. The molecule has 3 heteroatoms. The Kier molecular flexibility index (Phi) is 6.12. The lowest BCUT2D eigenvalue weighted by atomic mass is 10.0. The zero-order valence-electron chi connectivity index (χ0n) is 23.4. The van der Waals surface area contributed by atoms with Crippen LogP contribution in [0.15, 0.2) is 164 Å². The fourth-order valence-corrected chi connectivity index (χ4v) is 5.94. The van der Waals surface area contributed by atoms with Crippen molar-refractivity contribution in [1.29, 1.82) is 0 Å². The molecule has 0 aliphatic rings. The highest BCUT2D eigenvalue weighted by Crippen LogP contribution is 2.38. The maximum Gasteiger partial charge on any atom is 0.160 e. The summed E-state index contributed by atoms with van der Waals surface area (Å²) >= 11 is 0. The highest BCUT2D eigenvalue weighted by atomic mass is 15.0. The molecule has 0 saturated heterocycles. The van der Waals surface area contributed by atoms with Crippen LogP contribution in [-0.2, 0) is 0 Å². The normalized spacial score (nSPS) is 11.3. The summed E-state index contributed by atoms with van der Waals surface area (Å²) in [6.45, 7) is 0. The van der Waals surface area contributed by atoms with Crippen LogP contribution in [-0.4, -0.2) is 14.5 Å². The molecule has 202 valence electrons. The molecule has 0 bridgehead atoms. The van der Waals surface area contributed by atoms with Crippen molar-refractivity contribution in [1.82, 2.24) is 14.5 Å². The van der Waals surface area contributed by atoms with Gasteiger partial charge in [0.25, 0.3) is 0 Å². The van der Waals surface area contributed by atoms with Crippen LogP contribution in [0.25, 0.3) is 72.5 Å². The second-order valence-corrected chi connectivity index (χ2v) is 10.7. The molecule has 0 N–H and O–H groups in total. The number of benzene rings is 6. The molecule has 0 amide bonds. The van der Waals surface area contributed by atoms with Gasteiger partial charge in [0.1, 0.15) is 5.52 Å². The number of hydrogen-bond acceptors (Lipinski definition) is 2.